The van der Waals surface area contributed by atoms with Crippen molar-refractivity contribution in [3.63, 3.8) is 0 Å². The number of benzene rings is 1. The lowest BCUT2D eigenvalue weighted by Crippen LogP contribution is -2.20. The third kappa shape index (κ3) is 3.69. The summed E-state index contributed by atoms with van der Waals surface area (Å²) in [7, 11) is 0. The number of amidine groups is 1. The van der Waals surface area contributed by atoms with Gasteiger partial charge in [0.05, 0.1) is 15.7 Å². The van der Waals surface area contributed by atoms with Crippen LogP contribution in [0.3, 0.4) is 0 Å². The van der Waals surface area contributed by atoms with Gasteiger partial charge in [0.15, 0.2) is 0 Å². The number of hydrogen-bond acceptors (Lipinski definition) is 1. The number of nitrogens with zero attached hydrogens (tertiary/aromatic N) is 1. The van der Waals surface area contributed by atoms with Gasteiger partial charge >= 0.3 is 0 Å². The molecule has 0 fully saturated rings. The maximum atomic E-state index is 5.90. The molecule has 1 aromatic rings. The summed E-state index contributed by atoms with van der Waals surface area (Å²) >= 11 is 11.7. The summed E-state index contributed by atoms with van der Waals surface area (Å²) in [6.45, 7) is 4.20. The largest absolute Gasteiger partial charge is 0.387 e. The molecule has 0 aromatic heterocycles. The highest BCUT2D eigenvalue weighted by Gasteiger charge is 2.06. The van der Waals surface area contributed by atoms with E-state index >= 15 is 0 Å². The van der Waals surface area contributed by atoms with Crippen molar-refractivity contribution in [2.75, 3.05) is 0 Å². The molecule has 4 heteroatoms. The highest BCUT2D eigenvalue weighted by Crippen LogP contribution is 2.26. The molecule has 0 spiro atoms. The van der Waals surface area contributed by atoms with E-state index in [0.29, 0.717) is 21.8 Å². The second-order valence-corrected chi connectivity index (χ2v) is 4.64. The van der Waals surface area contributed by atoms with E-state index in [1.54, 1.807) is 18.2 Å². The zero-order valence-corrected chi connectivity index (χ0v) is 11.0. The van der Waals surface area contributed by atoms with Crippen LogP contribution in [0.15, 0.2) is 23.2 Å². The van der Waals surface area contributed by atoms with Gasteiger partial charge in [-0.2, -0.15) is 0 Å². The molecular weight excluding hydrogens is 243 g/mol. The molecule has 0 saturated heterocycles. The van der Waals surface area contributed by atoms with E-state index in [1.165, 1.54) is 0 Å². The first-order valence-electron chi connectivity index (χ1n) is 5.33. The molecule has 1 atom stereocenters. The van der Waals surface area contributed by atoms with Gasteiger partial charge in [0, 0.05) is 5.92 Å². The summed E-state index contributed by atoms with van der Waals surface area (Å²) in [5, 5.41) is 1.03. The van der Waals surface area contributed by atoms with E-state index in [0.717, 1.165) is 18.5 Å². The molecule has 0 heterocycles. The van der Waals surface area contributed by atoms with Crippen molar-refractivity contribution in [2.45, 2.75) is 26.7 Å². The molecule has 1 aromatic carbocycles. The van der Waals surface area contributed by atoms with Gasteiger partial charge in [0.2, 0.25) is 0 Å². The minimum absolute atomic E-state index is 0.291. The minimum atomic E-state index is 0.291. The van der Waals surface area contributed by atoms with Crippen LogP contribution in [-0.4, -0.2) is 5.84 Å². The number of rotatable bonds is 4. The minimum Gasteiger partial charge on any atom is -0.387 e. The fraction of sp³-hybridized carbons (Fsp3) is 0.417. The van der Waals surface area contributed by atoms with Crippen molar-refractivity contribution in [2.24, 2.45) is 16.6 Å². The van der Waals surface area contributed by atoms with Crippen LogP contribution in [-0.2, 0) is 0 Å². The van der Waals surface area contributed by atoms with Crippen molar-refractivity contribution >= 4 is 34.7 Å². The quantitative estimate of drug-likeness (QED) is 0.630. The maximum absolute atomic E-state index is 5.90. The van der Waals surface area contributed by atoms with Gasteiger partial charge in [-0.15, -0.1) is 0 Å². The number of halogens is 2. The van der Waals surface area contributed by atoms with E-state index in [-0.39, 0.29) is 0 Å². The van der Waals surface area contributed by atoms with Crippen LogP contribution in [0.2, 0.25) is 10.0 Å². The average molecular weight is 259 g/mol. The fourth-order valence-corrected chi connectivity index (χ4v) is 1.69. The smallest absolute Gasteiger partial charge is 0.102 e. The van der Waals surface area contributed by atoms with Crippen LogP contribution in [0, 0.1) is 5.92 Å². The Morgan fingerprint density at radius 1 is 1.38 bits per heavy atom. The lowest BCUT2D eigenvalue weighted by molar-refractivity contribution is 0.662. The molecule has 0 aliphatic heterocycles. The fourth-order valence-electron chi connectivity index (χ4n) is 1.39. The van der Waals surface area contributed by atoms with E-state index in [9.17, 15) is 0 Å². The lowest BCUT2D eigenvalue weighted by atomic mass is 10.1. The van der Waals surface area contributed by atoms with E-state index < -0.39 is 0 Å². The van der Waals surface area contributed by atoms with Crippen molar-refractivity contribution in [3.8, 4) is 0 Å². The average Bonchev–Trinajstić information content (AvgIpc) is 2.24. The monoisotopic (exact) mass is 258 g/mol. The van der Waals surface area contributed by atoms with Crippen LogP contribution in [0.25, 0.3) is 0 Å². The van der Waals surface area contributed by atoms with Gasteiger partial charge in [-0.25, -0.2) is 4.99 Å². The molecule has 0 bridgehead atoms. The Hall–Kier alpha value is -0.730. The maximum Gasteiger partial charge on any atom is 0.102 e. The summed E-state index contributed by atoms with van der Waals surface area (Å²) < 4.78 is 0. The first-order valence-corrected chi connectivity index (χ1v) is 6.09. The van der Waals surface area contributed by atoms with Crippen LogP contribution >= 0.6 is 23.2 Å². The predicted octanol–water partition coefficient (Wildman–Crippen LogP) is 4.42. The van der Waals surface area contributed by atoms with Gasteiger partial charge < -0.3 is 5.73 Å². The zero-order valence-electron chi connectivity index (χ0n) is 9.50. The molecule has 0 radical (unpaired) electrons. The third-order valence-corrected chi connectivity index (χ3v) is 3.13. The SMILES string of the molecule is CCC[C@H](C)C(N)=Nc1ccc(Cl)c(Cl)c1. The molecule has 1 rings (SSSR count). The summed E-state index contributed by atoms with van der Waals surface area (Å²) in [5.41, 5.74) is 6.64. The van der Waals surface area contributed by atoms with Crippen molar-refractivity contribution < 1.29 is 0 Å². The van der Waals surface area contributed by atoms with E-state index in [4.69, 9.17) is 28.9 Å². The van der Waals surface area contributed by atoms with Crippen LogP contribution in [0.5, 0.6) is 0 Å². The molecular formula is C12H16Cl2N2. The topological polar surface area (TPSA) is 38.4 Å². The molecule has 0 saturated carbocycles. The first kappa shape index (κ1) is 13.3. The second-order valence-electron chi connectivity index (χ2n) is 3.82. The van der Waals surface area contributed by atoms with Gasteiger partial charge in [-0.05, 0) is 24.6 Å². The standard InChI is InChI=1S/C12H16Cl2N2/c1-3-4-8(2)12(15)16-9-5-6-10(13)11(14)7-9/h5-8H,3-4H2,1-2H3,(H2,15,16)/t8-/m0/s1. The predicted molar refractivity (Wildman–Crippen MR) is 71.8 cm³/mol. The summed E-state index contributed by atoms with van der Waals surface area (Å²) in [5.74, 6) is 0.930. The van der Waals surface area contributed by atoms with Crippen molar-refractivity contribution in [1.29, 1.82) is 0 Å². The number of hydrogen-bond donors (Lipinski definition) is 1. The lowest BCUT2D eigenvalue weighted by Gasteiger charge is -2.09. The molecule has 0 aliphatic rings. The summed E-state index contributed by atoms with van der Waals surface area (Å²) in [6.07, 6.45) is 2.13. The summed E-state index contributed by atoms with van der Waals surface area (Å²) in [6, 6.07) is 5.25. The van der Waals surface area contributed by atoms with Gasteiger partial charge in [-0.1, -0.05) is 43.5 Å². The second kappa shape index (κ2) is 6.12. The Balaban J connectivity index is 2.85. The number of nitrogens with two attached hydrogens (primary N) is 1. The van der Waals surface area contributed by atoms with Gasteiger partial charge in [0.1, 0.15) is 5.84 Å². The van der Waals surface area contributed by atoms with Gasteiger partial charge in [-0.3, -0.25) is 0 Å². The Kier molecular flexibility index (Phi) is 5.10. The summed E-state index contributed by atoms with van der Waals surface area (Å²) in [4.78, 5) is 4.33. The normalized spacial score (nSPS) is 13.9. The molecule has 2 N–H and O–H groups in total. The van der Waals surface area contributed by atoms with Gasteiger partial charge in [0.25, 0.3) is 0 Å². The Morgan fingerprint density at radius 2 is 2.06 bits per heavy atom. The van der Waals surface area contributed by atoms with E-state index in [2.05, 4.69) is 18.8 Å². The number of aliphatic imine (C=N–C) groups is 1. The molecule has 0 unspecified atom stereocenters. The van der Waals surface area contributed by atoms with E-state index in [1.807, 2.05) is 0 Å². The molecule has 0 aliphatic carbocycles. The van der Waals surface area contributed by atoms with Crippen molar-refractivity contribution in [1.82, 2.24) is 0 Å². The third-order valence-electron chi connectivity index (χ3n) is 2.39. The van der Waals surface area contributed by atoms with Crippen LogP contribution in [0.4, 0.5) is 5.69 Å². The molecule has 16 heavy (non-hydrogen) atoms. The molecule has 2 nitrogen and oxygen atoms in total. The highest BCUT2D eigenvalue weighted by molar-refractivity contribution is 6.42. The first-order chi connectivity index (χ1) is 7.54. The van der Waals surface area contributed by atoms with Crippen LogP contribution < -0.4 is 5.73 Å². The molecule has 0 amide bonds. The highest BCUT2D eigenvalue weighted by atomic mass is 35.5. The Morgan fingerprint density at radius 3 is 2.62 bits per heavy atom. The zero-order chi connectivity index (χ0) is 12.1. The van der Waals surface area contributed by atoms with Crippen LogP contribution in [0.1, 0.15) is 26.7 Å². The Bertz CT molecular complexity index is 389. The van der Waals surface area contributed by atoms with Crippen molar-refractivity contribution in [3.05, 3.63) is 28.2 Å². The molecule has 88 valence electrons. The Labute approximate surface area is 106 Å².